The van der Waals surface area contributed by atoms with E-state index >= 15 is 0 Å². The van der Waals surface area contributed by atoms with Crippen molar-refractivity contribution >= 4 is 17.4 Å². The predicted octanol–water partition coefficient (Wildman–Crippen LogP) is 4.38. The van der Waals surface area contributed by atoms with Crippen LogP contribution in [0.2, 0.25) is 5.02 Å². The number of carbonyl (C=O) groups is 1. The Kier molecular flexibility index (Phi) is 4.66. The van der Waals surface area contributed by atoms with Crippen LogP contribution in [0.4, 0.5) is 17.6 Å². The van der Waals surface area contributed by atoms with Gasteiger partial charge in [-0.15, -0.1) is 0 Å². The van der Waals surface area contributed by atoms with E-state index in [4.69, 9.17) is 16.9 Å². The van der Waals surface area contributed by atoms with Crippen molar-refractivity contribution in [3.05, 3.63) is 64.2 Å². The van der Waals surface area contributed by atoms with Crippen LogP contribution in [-0.4, -0.2) is 10.8 Å². The molecule has 0 saturated carbocycles. The van der Waals surface area contributed by atoms with Gasteiger partial charge in [-0.1, -0.05) is 11.6 Å². The number of carbonyl (C=O) groups excluding carboxylic acids is 1. The lowest BCUT2D eigenvalue weighted by Crippen LogP contribution is -2.14. The van der Waals surface area contributed by atoms with Crippen LogP contribution in [0.15, 0.2) is 36.5 Å². The molecule has 0 aliphatic heterocycles. The van der Waals surface area contributed by atoms with Crippen LogP contribution in [0.25, 0.3) is 0 Å². The zero-order valence-corrected chi connectivity index (χ0v) is 12.0. The number of nitriles is 1. The lowest BCUT2D eigenvalue weighted by Gasteiger charge is -2.10. The van der Waals surface area contributed by atoms with Gasteiger partial charge in [0.2, 0.25) is 0 Å². The lowest BCUT2D eigenvalue weighted by atomic mass is 9.95. The summed E-state index contributed by atoms with van der Waals surface area (Å²) in [4.78, 5) is 15.7. The van der Waals surface area contributed by atoms with Crippen molar-refractivity contribution in [3.63, 3.8) is 0 Å². The fraction of sp³-hybridized carbons (Fsp3) is 0.133. The monoisotopic (exact) mass is 342 g/mol. The SMILES string of the molecule is N#C[C@H](C(=O)c1ccc(Cl)c(F)c1)c1ccc(C(F)(F)F)cn1. The van der Waals surface area contributed by atoms with E-state index in [0.717, 1.165) is 24.3 Å². The molecule has 1 atom stereocenters. The Balaban J connectivity index is 2.34. The van der Waals surface area contributed by atoms with Gasteiger partial charge in [0.25, 0.3) is 0 Å². The van der Waals surface area contributed by atoms with E-state index in [1.807, 2.05) is 0 Å². The Hall–Kier alpha value is -2.46. The maximum absolute atomic E-state index is 13.4. The van der Waals surface area contributed by atoms with Crippen LogP contribution in [0, 0.1) is 17.1 Å². The molecule has 0 saturated heterocycles. The molecular weight excluding hydrogens is 336 g/mol. The van der Waals surface area contributed by atoms with E-state index in [-0.39, 0.29) is 16.3 Å². The first-order chi connectivity index (χ1) is 10.7. The maximum Gasteiger partial charge on any atom is 0.417 e. The first kappa shape index (κ1) is 16.9. The molecular formula is C15H7ClF4N2O. The predicted molar refractivity (Wildman–Crippen MR) is 73.3 cm³/mol. The maximum atomic E-state index is 13.4. The Labute approximate surface area is 133 Å². The third-order valence-corrected chi connectivity index (χ3v) is 3.31. The molecule has 0 bridgehead atoms. The minimum Gasteiger partial charge on any atom is -0.292 e. The Morgan fingerprint density at radius 2 is 1.96 bits per heavy atom. The number of hydrogen-bond donors (Lipinski definition) is 0. The third kappa shape index (κ3) is 3.66. The van der Waals surface area contributed by atoms with Crippen molar-refractivity contribution in [2.45, 2.75) is 12.1 Å². The molecule has 0 radical (unpaired) electrons. The molecule has 0 amide bonds. The van der Waals surface area contributed by atoms with E-state index in [9.17, 15) is 22.4 Å². The molecule has 0 spiro atoms. The first-order valence-corrected chi connectivity index (χ1v) is 6.54. The van der Waals surface area contributed by atoms with Gasteiger partial charge in [-0.3, -0.25) is 9.78 Å². The summed E-state index contributed by atoms with van der Waals surface area (Å²) in [7, 11) is 0. The topological polar surface area (TPSA) is 53.8 Å². The second-order valence-electron chi connectivity index (χ2n) is 4.52. The molecule has 3 nitrogen and oxygen atoms in total. The van der Waals surface area contributed by atoms with Crippen LogP contribution < -0.4 is 0 Å². The minimum absolute atomic E-state index is 0.125. The summed E-state index contributed by atoms with van der Waals surface area (Å²) >= 11 is 5.51. The van der Waals surface area contributed by atoms with Crippen LogP contribution in [-0.2, 0) is 6.18 Å². The second-order valence-corrected chi connectivity index (χ2v) is 4.93. The first-order valence-electron chi connectivity index (χ1n) is 6.16. The Morgan fingerprint density at radius 3 is 2.43 bits per heavy atom. The quantitative estimate of drug-likeness (QED) is 0.614. The number of pyridine rings is 1. The number of hydrogen-bond acceptors (Lipinski definition) is 3. The summed E-state index contributed by atoms with van der Waals surface area (Å²) < 4.78 is 50.8. The van der Waals surface area contributed by atoms with E-state index < -0.39 is 29.3 Å². The van der Waals surface area contributed by atoms with E-state index in [2.05, 4.69) is 4.98 Å². The average Bonchev–Trinajstić information content (AvgIpc) is 2.50. The summed E-state index contributed by atoms with van der Waals surface area (Å²) in [6.45, 7) is 0. The number of halogens is 5. The van der Waals surface area contributed by atoms with Crippen molar-refractivity contribution in [1.82, 2.24) is 4.98 Å². The molecule has 2 aromatic rings. The van der Waals surface area contributed by atoms with Crippen molar-refractivity contribution in [2.24, 2.45) is 0 Å². The Bertz CT molecular complexity index is 782. The molecule has 8 heteroatoms. The third-order valence-electron chi connectivity index (χ3n) is 3.00. The minimum atomic E-state index is -4.57. The van der Waals surface area contributed by atoms with Crippen molar-refractivity contribution in [1.29, 1.82) is 5.26 Å². The average molecular weight is 343 g/mol. The lowest BCUT2D eigenvalue weighted by molar-refractivity contribution is -0.137. The van der Waals surface area contributed by atoms with Crippen LogP contribution in [0.3, 0.4) is 0 Å². The highest BCUT2D eigenvalue weighted by Gasteiger charge is 2.31. The van der Waals surface area contributed by atoms with Crippen LogP contribution >= 0.6 is 11.6 Å². The number of ketones is 1. The molecule has 0 unspecified atom stereocenters. The number of alkyl halides is 3. The highest BCUT2D eigenvalue weighted by atomic mass is 35.5. The van der Waals surface area contributed by atoms with E-state index in [1.165, 1.54) is 6.07 Å². The molecule has 0 N–H and O–H groups in total. The summed E-state index contributed by atoms with van der Waals surface area (Å²) in [6.07, 6.45) is -4.04. The van der Waals surface area contributed by atoms with Crippen molar-refractivity contribution < 1.29 is 22.4 Å². The van der Waals surface area contributed by atoms with Gasteiger partial charge in [0, 0.05) is 11.8 Å². The van der Waals surface area contributed by atoms with Crippen molar-refractivity contribution in [2.75, 3.05) is 0 Å². The fourth-order valence-corrected chi connectivity index (χ4v) is 1.94. The van der Waals surface area contributed by atoms with E-state index in [0.29, 0.717) is 6.20 Å². The molecule has 0 fully saturated rings. The summed E-state index contributed by atoms with van der Waals surface area (Å²) in [5.41, 5.74) is -1.27. The molecule has 1 aromatic heterocycles. The van der Waals surface area contributed by atoms with Gasteiger partial charge in [0.15, 0.2) is 11.7 Å². The zero-order valence-electron chi connectivity index (χ0n) is 11.2. The van der Waals surface area contributed by atoms with Gasteiger partial charge in [-0.2, -0.15) is 18.4 Å². The molecule has 1 aromatic carbocycles. The number of rotatable bonds is 3. The molecule has 0 aliphatic carbocycles. The fourth-order valence-electron chi connectivity index (χ4n) is 1.82. The second kappa shape index (κ2) is 6.34. The highest BCUT2D eigenvalue weighted by Crippen LogP contribution is 2.29. The number of benzene rings is 1. The Morgan fingerprint density at radius 1 is 1.26 bits per heavy atom. The molecule has 1 heterocycles. The smallest absolute Gasteiger partial charge is 0.292 e. The molecule has 2 rings (SSSR count). The van der Waals surface area contributed by atoms with Gasteiger partial charge >= 0.3 is 6.18 Å². The number of nitrogens with zero attached hydrogens (tertiary/aromatic N) is 2. The van der Waals surface area contributed by atoms with Crippen LogP contribution in [0.1, 0.15) is 27.5 Å². The molecule has 23 heavy (non-hydrogen) atoms. The summed E-state index contributed by atoms with van der Waals surface area (Å²) in [5.74, 6) is -3.07. The van der Waals surface area contributed by atoms with Crippen LogP contribution in [0.5, 0.6) is 0 Å². The molecule has 118 valence electrons. The number of aromatic nitrogens is 1. The molecule has 0 aliphatic rings. The van der Waals surface area contributed by atoms with E-state index in [1.54, 1.807) is 6.07 Å². The normalized spacial score (nSPS) is 12.5. The number of Topliss-reactive ketones (excluding diaryl/α,β-unsaturated/α-hetero) is 1. The van der Waals surface area contributed by atoms with Gasteiger partial charge in [0.1, 0.15) is 5.82 Å². The largest absolute Gasteiger partial charge is 0.417 e. The summed E-state index contributed by atoms with van der Waals surface area (Å²) in [5, 5.41) is 8.92. The highest BCUT2D eigenvalue weighted by molar-refractivity contribution is 6.30. The summed E-state index contributed by atoms with van der Waals surface area (Å²) in [6, 6.07) is 6.57. The van der Waals surface area contributed by atoms with Gasteiger partial charge in [-0.05, 0) is 30.3 Å². The van der Waals surface area contributed by atoms with Gasteiger partial charge in [-0.25, -0.2) is 4.39 Å². The zero-order chi connectivity index (χ0) is 17.2. The van der Waals surface area contributed by atoms with Crippen molar-refractivity contribution in [3.8, 4) is 6.07 Å². The van der Waals surface area contributed by atoms with Gasteiger partial charge < -0.3 is 0 Å². The van der Waals surface area contributed by atoms with Gasteiger partial charge in [0.05, 0.1) is 22.3 Å². The standard InChI is InChI=1S/C15H7ClF4N2O/c16-11-3-1-8(5-12(11)17)14(23)10(6-21)13-4-2-9(7-22-13)15(18,19)20/h1-5,7,10H/t10-/m0/s1.